The summed E-state index contributed by atoms with van der Waals surface area (Å²) in [7, 11) is 0. The number of hydrogen-bond donors (Lipinski definition) is 3. The lowest BCUT2D eigenvalue weighted by atomic mass is 9.84. The molecule has 176 valence electrons. The van der Waals surface area contributed by atoms with Gasteiger partial charge in [0.1, 0.15) is 6.04 Å². The highest BCUT2D eigenvalue weighted by Crippen LogP contribution is 2.30. The van der Waals surface area contributed by atoms with E-state index in [2.05, 4.69) is 15.6 Å². The number of rotatable bonds is 7. The molecule has 3 aromatic carbocycles. The molecule has 0 saturated heterocycles. The van der Waals surface area contributed by atoms with Crippen molar-refractivity contribution in [1.29, 1.82) is 0 Å². The quantitative estimate of drug-likeness (QED) is 0.323. The number of hydrogen-bond acceptors (Lipinski definition) is 3. The maximum Gasteiger partial charge on any atom is 0.405 e. The van der Waals surface area contributed by atoms with E-state index in [0.29, 0.717) is 5.69 Å². The van der Waals surface area contributed by atoms with Crippen LogP contribution in [-0.4, -0.2) is 28.1 Å². The number of nitrogens with one attached hydrogen (secondary N) is 2. The van der Waals surface area contributed by atoms with E-state index in [1.165, 1.54) is 0 Å². The van der Waals surface area contributed by atoms with Gasteiger partial charge in [-0.05, 0) is 59.9 Å². The van der Waals surface area contributed by atoms with Crippen molar-refractivity contribution < 1.29 is 14.7 Å². The summed E-state index contributed by atoms with van der Waals surface area (Å²) >= 11 is 0. The lowest BCUT2D eigenvalue weighted by molar-refractivity contribution is -0.118. The Morgan fingerprint density at radius 2 is 1.40 bits per heavy atom. The Labute approximate surface area is 204 Å². The van der Waals surface area contributed by atoms with Gasteiger partial charge in [-0.15, -0.1) is 0 Å². The number of nitrogens with zero attached hydrogens (tertiary/aromatic N) is 1. The van der Waals surface area contributed by atoms with Gasteiger partial charge >= 0.3 is 6.09 Å². The van der Waals surface area contributed by atoms with E-state index < -0.39 is 24.0 Å². The molecule has 6 nitrogen and oxygen atoms in total. The van der Waals surface area contributed by atoms with Crippen LogP contribution in [0.4, 0.5) is 10.5 Å². The molecule has 0 fully saturated rings. The lowest BCUT2D eigenvalue weighted by Gasteiger charge is -2.27. The van der Waals surface area contributed by atoms with E-state index in [9.17, 15) is 14.7 Å². The zero-order chi connectivity index (χ0) is 24.8. The lowest BCUT2D eigenvalue weighted by Crippen LogP contribution is -2.47. The standard InChI is InChI=1S/C29H27N3O3/c1-19-18-30-20(2)17-25(19)21-13-15-24(16-14-21)31-28(33)27(32-29(34)35)26(22-9-5-3-6-10-22)23-11-7-4-8-12-23/h3-18,26-27,32H,1-2H3,(H,31,33)(H,34,35)/t27-/m0/s1. The third kappa shape index (κ3) is 5.73. The smallest absolute Gasteiger partial charge is 0.405 e. The van der Waals surface area contributed by atoms with E-state index in [1.54, 1.807) is 0 Å². The molecule has 0 aliphatic rings. The normalized spacial score (nSPS) is 11.6. The Kier molecular flexibility index (Phi) is 7.21. The van der Waals surface area contributed by atoms with Gasteiger partial charge in [0.25, 0.3) is 0 Å². The largest absolute Gasteiger partial charge is 0.465 e. The number of anilines is 1. The molecule has 1 aromatic heterocycles. The first-order valence-corrected chi connectivity index (χ1v) is 11.4. The summed E-state index contributed by atoms with van der Waals surface area (Å²) in [6.45, 7) is 3.95. The van der Waals surface area contributed by atoms with Crippen LogP contribution < -0.4 is 10.6 Å². The van der Waals surface area contributed by atoms with Gasteiger partial charge in [0.15, 0.2) is 0 Å². The first-order chi connectivity index (χ1) is 16.9. The second-order valence-corrected chi connectivity index (χ2v) is 8.43. The molecule has 2 amide bonds. The summed E-state index contributed by atoms with van der Waals surface area (Å²) in [6.07, 6.45) is 0.580. The molecule has 0 bridgehead atoms. The van der Waals surface area contributed by atoms with Crippen molar-refractivity contribution in [1.82, 2.24) is 10.3 Å². The summed E-state index contributed by atoms with van der Waals surface area (Å²) in [5.74, 6) is -0.941. The maximum atomic E-state index is 13.4. The molecule has 1 heterocycles. The van der Waals surface area contributed by atoms with E-state index in [0.717, 1.165) is 33.5 Å². The second-order valence-electron chi connectivity index (χ2n) is 8.43. The van der Waals surface area contributed by atoms with E-state index in [1.807, 2.05) is 111 Å². The van der Waals surface area contributed by atoms with Crippen molar-refractivity contribution in [3.05, 3.63) is 120 Å². The molecule has 0 aliphatic heterocycles. The maximum absolute atomic E-state index is 13.4. The number of carbonyl (C=O) groups is 2. The highest BCUT2D eigenvalue weighted by molar-refractivity contribution is 5.97. The van der Waals surface area contributed by atoms with Gasteiger partial charge in [-0.25, -0.2) is 4.79 Å². The van der Waals surface area contributed by atoms with Crippen LogP contribution in [0, 0.1) is 13.8 Å². The van der Waals surface area contributed by atoms with Crippen LogP contribution in [0.25, 0.3) is 11.1 Å². The van der Waals surface area contributed by atoms with Crippen LogP contribution in [0.1, 0.15) is 28.3 Å². The summed E-state index contributed by atoms with van der Waals surface area (Å²) in [5.41, 5.74) is 6.34. The Morgan fingerprint density at radius 1 is 0.829 bits per heavy atom. The van der Waals surface area contributed by atoms with Gasteiger partial charge in [-0.2, -0.15) is 0 Å². The average Bonchev–Trinajstić information content (AvgIpc) is 2.87. The molecule has 4 rings (SSSR count). The number of carbonyl (C=O) groups excluding carboxylic acids is 1. The van der Waals surface area contributed by atoms with Gasteiger partial charge in [0.2, 0.25) is 5.91 Å². The van der Waals surface area contributed by atoms with Gasteiger partial charge in [-0.3, -0.25) is 9.78 Å². The van der Waals surface area contributed by atoms with Gasteiger partial charge < -0.3 is 15.7 Å². The van der Waals surface area contributed by atoms with E-state index in [4.69, 9.17) is 0 Å². The second kappa shape index (κ2) is 10.7. The Morgan fingerprint density at radius 3 is 1.94 bits per heavy atom. The van der Waals surface area contributed by atoms with Gasteiger partial charge in [0.05, 0.1) is 0 Å². The number of pyridine rings is 1. The topological polar surface area (TPSA) is 91.3 Å². The molecular weight excluding hydrogens is 438 g/mol. The number of aryl methyl sites for hydroxylation is 2. The van der Waals surface area contributed by atoms with Crippen LogP contribution in [0.5, 0.6) is 0 Å². The summed E-state index contributed by atoms with van der Waals surface area (Å²) in [6, 6.07) is 27.4. The van der Waals surface area contributed by atoms with Crippen LogP contribution in [0.3, 0.4) is 0 Å². The summed E-state index contributed by atoms with van der Waals surface area (Å²) in [5, 5.41) is 14.9. The molecule has 4 aromatic rings. The van der Waals surface area contributed by atoms with Crippen molar-refractivity contribution >= 4 is 17.7 Å². The van der Waals surface area contributed by atoms with Crippen LogP contribution >= 0.6 is 0 Å². The van der Waals surface area contributed by atoms with Crippen LogP contribution in [0.2, 0.25) is 0 Å². The fourth-order valence-electron chi connectivity index (χ4n) is 4.22. The fourth-order valence-corrected chi connectivity index (χ4v) is 4.22. The monoisotopic (exact) mass is 465 g/mol. The predicted octanol–water partition coefficient (Wildman–Crippen LogP) is 5.77. The molecule has 0 unspecified atom stereocenters. The van der Waals surface area contributed by atoms with Crippen molar-refractivity contribution in [2.24, 2.45) is 0 Å². The fraction of sp³-hybridized carbons (Fsp3) is 0.138. The summed E-state index contributed by atoms with van der Waals surface area (Å²) in [4.78, 5) is 29.5. The number of aromatic nitrogens is 1. The highest BCUT2D eigenvalue weighted by Gasteiger charge is 2.32. The Hall–Kier alpha value is -4.45. The van der Waals surface area contributed by atoms with Gasteiger partial charge in [-0.1, -0.05) is 72.8 Å². The molecule has 0 spiro atoms. The molecule has 3 N–H and O–H groups in total. The molecule has 6 heteroatoms. The SMILES string of the molecule is Cc1cc(-c2ccc(NC(=O)[C@@H](NC(=O)O)C(c3ccccc3)c3ccccc3)cc2)c(C)cn1. The first-order valence-electron chi connectivity index (χ1n) is 11.4. The number of carboxylic acid groups (broad SMARTS) is 1. The van der Waals surface area contributed by atoms with Crippen LogP contribution in [-0.2, 0) is 4.79 Å². The minimum atomic E-state index is -1.26. The third-order valence-electron chi connectivity index (χ3n) is 5.92. The van der Waals surface area contributed by atoms with E-state index in [-0.39, 0.29) is 0 Å². The van der Waals surface area contributed by atoms with E-state index >= 15 is 0 Å². The van der Waals surface area contributed by atoms with Gasteiger partial charge in [0, 0.05) is 23.5 Å². The molecule has 0 radical (unpaired) electrons. The number of benzene rings is 3. The van der Waals surface area contributed by atoms with Crippen molar-refractivity contribution in [3.63, 3.8) is 0 Å². The zero-order valence-corrected chi connectivity index (χ0v) is 19.6. The third-order valence-corrected chi connectivity index (χ3v) is 5.92. The minimum Gasteiger partial charge on any atom is -0.465 e. The average molecular weight is 466 g/mol. The molecule has 35 heavy (non-hydrogen) atoms. The first kappa shape index (κ1) is 23.7. The molecule has 0 aliphatic carbocycles. The molecule has 1 atom stereocenters. The molecule has 0 saturated carbocycles. The Bertz CT molecular complexity index is 1270. The highest BCUT2D eigenvalue weighted by atomic mass is 16.4. The zero-order valence-electron chi connectivity index (χ0n) is 19.6. The van der Waals surface area contributed by atoms with Crippen LogP contribution in [0.15, 0.2) is 97.2 Å². The van der Waals surface area contributed by atoms with Crippen molar-refractivity contribution in [2.45, 2.75) is 25.8 Å². The number of amides is 2. The van der Waals surface area contributed by atoms with Crippen molar-refractivity contribution in [3.8, 4) is 11.1 Å². The predicted molar refractivity (Wildman–Crippen MR) is 137 cm³/mol. The minimum absolute atomic E-state index is 0.436. The van der Waals surface area contributed by atoms with Crippen molar-refractivity contribution in [2.75, 3.05) is 5.32 Å². The molecular formula is C29H27N3O3. The Balaban J connectivity index is 1.63. The summed E-state index contributed by atoms with van der Waals surface area (Å²) < 4.78 is 0.